The Morgan fingerprint density at radius 2 is 2.05 bits per heavy atom. The van der Waals surface area contributed by atoms with E-state index in [1.54, 1.807) is 6.07 Å². The van der Waals surface area contributed by atoms with Crippen molar-refractivity contribution in [1.29, 1.82) is 0 Å². The van der Waals surface area contributed by atoms with Crippen molar-refractivity contribution >= 4 is 50.2 Å². The summed E-state index contributed by atoms with van der Waals surface area (Å²) in [6.07, 6.45) is 2.45. The van der Waals surface area contributed by atoms with E-state index in [-0.39, 0.29) is 18.2 Å². The third-order valence-electron chi connectivity index (χ3n) is 4.26. The monoisotopic (exact) mass is 361 g/mol. The molecule has 0 bridgehead atoms. The summed E-state index contributed by atoms with van der Waals surface area (Å²) in [5.41, 5.74) is 2.26. The molecule has 1 aromatic carbocycles. The van der Waals surface area contributed by atoms with Crippen molar-refractivity contribution in [1.82, 2.24) is 9.88 Å². The first-order valence-electron chi connectivity index (χ1n) is 6.93. The lowest BCUT2D eigenvalue weighted by Crippen LogP contribution is -2.53. The van der Waals surface area contributed by atoms with Gasteiger partial charge in [-0.15, -0.1) is 0 Å². The number of anilines is 1. The predicted octanol–water partition coefficient (Wildman–Crippen LogP) is 1.71. The van der Waals surface area contributed by atoms with Crippen LogP contribution >= 0.6 is 15.9 Å². The molecule has 1 aromatic heterocycles. The van der Waals surface area contributed by atoms with Gasteiger partial charge in [0, 0.05) is 29.5 Å². The SMILES string of the molecule is Cn1cc2c3c(cc(Br)cc31)C(=O)N2C1CCC(=O)NC1=O. The number of nitrogens with zero attached hydrogens (tertiary/aromatic N) is 2. The summed E-state index contributed by atoms with van der Waals surface area (Å²) in [5.74, 6) is -0.883. The Kier molecular flexibility index (Phi) is 2.72. The van der Waals surface area contributed by atoms with Crippen molar-refractivity contribution in [2.24, 2.45) is 7.05 Å². The number of aryl methyl sites for hydroxylation is 1. The first-order chi connectivity index (χ1) is 10.5. The van der Waals surface area contributed by atoms with Crippen LogP contribution in [0.3, 0.4) is 0 Å². The van der Waals surface area contributed by atoms with Gasteiger partial charge in [-0.2, -0.15) is 0 Å². The number of halogens is 1. The van der Waals surface area contributed by atoms with E-state index in [0.29, 0.717) is 12.0 Å². The molecule has 1 fully saturated rings. The second-order valence-electron chi connectivity index (χ2n) is 5.61. The first kappa shape index (κ1) is 13.5. The number of aromatic nitrogens is 1. The van der Waals surface area contributed by atoms with Gasteiger partial charge in [-0.25, -0.2) is 0 Å². The van der Waals surface area contributed by atoms with Gasteiger partial charge in [0.2, 0.25) is 11.8 Å². The van der Waals surface area contributed by atoms with Gasteiger partial charge in [-0.05, 0) is 18.6 Å². The number of imide groups is 1. The van der Waals surface area contributed by atoms with Crippen molar-refractivity contribution in [2.75, 3.05) is 4.90 Å². The normalized spacial score (nSPS) is 20.9. The molecule has 2 aliphatic heterocycles. The molecular formula is C15H12BrN3O3. The van der Waals surface area contributed by atoms with Crippen LogP contribution in [0.15, 0.2) is 22.8 Å². The van der Waals surface area contributed by atoms with Gasteiger partial charge in [-0.3, -0.25) is 24.6 Å². The number of hydrogen-bond acceptors (Lipinski definition) is 3. The molecule has 1 N–H and O–H groups in total. The highest BCUT2D eigenvalue weighted by molar-refractivity contribution is 9.10. The molecule has 1 saturated heterocycles. The van der Waals surface area contributed by atoms with E-state index in [0.717, 1.165) is 21.1 Å². The number of benzene rings is 1. The van der Waals surface area contributed by atoms with Crippen LogP contribution < -0.4 is 10.2 Å². The quantitative estimate of drug-likeness (QED) is 0.786. The second-order valence-corrected chi connectivity index (χ2v) is 6.53. The standard InChI is InChI=1S/C15H12BrN3O3/c1-18-6-11-13-8(4-7(16)5-10(13)18)15(22)19(11)9-2-3-12(20)17-14(9)21/h4-6,9H,2-3H2,1H3,(H,17,20,21). The third-order valence-corrected chi connectivity index (χ3v) is 4.72. The largest absolute Gasteiger partial charge is 0.348 e. The molecule has 4 rings (SSSR count). The van der Waals surface area contributed by atoms with Gasteiger partial charge >= 0.3 is 0 Å². The highest BCUT2D eigenvalue weighted by atomic mass is 79.9. The van der Waals surface area contributed by atoms with Gasteiger partial charge in [0.15, 0.2) is 0 Å². The Labute approximate surface area is 134 Å². The zero-order valence-corrected chi connectivity index (χ0v) is 13.3. The Morgan fingerprint density at radius 1 is 1.27 bits per heavy atom. The van der Waals surface area contributed by atoms with Crippen molar-refractivity contribution in [3.05, 3.63) is 28.4 Å². The molecule has 2 aliphatic rings. The topological polar surface area (TPSA) is 71.4 Å². The Balaban J connectivity index is 1.88. The minimum atomic E-state index is -0.637. The number of amides is 3. The van der Waals surface area contributed by atoms with E-state index < -0.39 is 11.9 Å². The van der Waals surface area contributed by atoms with Crippen LogP contribution in [0.1, 0.15) is 23.2 Å². The Morgan fingerprint density at radius 3 is 2.77 bits per heavy atom. The third kappa shape index (κ3) is 1.68. The van der Waals surface area contributed by atoms with Gasteiger partial charge in [0.05, 0.1) is 16.8 Å². The molecule has 0 radical (unpaired) electrons. The van der Waals surface area contributed by atoms with E-state index in [2.05, 4.69) is 21.2 Å². The summed E-state index contributed by atoms with van der Waals surface area (Å²) >= 11 is 3.42. The van der Waals surface area contributed by atoms with Crippen LogP contribution in [-0.2, 0) is 16.6 Å². The van der Waals surface area contributed by atoms with Crippen LogP contribution in [0, 0.1) is 0 Å². The average molecular weight is 362 g/mol. The van der Waals surface area contributed by atoms with E-state index in [1.165, 1.54) is 4.90 Å². The van der Waals surface area contributed by atoms with Crippen molar-refractivity contribution in [3.63, 3.8) is 0 Å². The van der Waals surface area contributed by atoms with Gasteiger partial charge in [0.1, 0.15) is 6.04 Å². The molecule has 22 heavy (non-hydrogen) atoms. The summed E-state index contributed by atoms with van der Waals surface area (Å²) in [6, 6.07) is 3.09. The van der Waals surface area contributed by atoms with Crippen LogP contribution in [0.2, 0.25) is 0 Å². The predicted molar refractivity (Wildman–Crippen MR) is 83.6 cm³/mol. The number of rotatable bonds is 1. The smallest absolute Gasteiger partial charge is 0.259 e. The molecule has 6 nitrogen and oxygen atoms in total. The maximum atomic E-state index is 12.8. The summed E-state index contributed by atoms with van der Waals surface area (Å²) in [5, 5.41) is 3.18. The lowest BCUT2D eigenvalue weighted by atomic mass is 10.0. The molecule has 1 unspecified atom stereocenters. The minimum Gasteiger partial charge on any atom is -0.348 e. The lowest BCUT2D eigenvalue weighted by molar-refractivity contribution is -0.134. The molecule has 1 atom stereocenters. The maximum Gasteiger partial charge on any atom is 0.259 e. The van der Waals surface area contributed by atoms with E-state index in [4.69, 9.17) is 0 Å². The van der Waals surface area contributed by atoms with Crippen LogP contribution in [0.5, 0.6) is 0 Å². The fraction of sp³-hybridized carbons (Fsp3) is 0.267. The Hall–Kier alpha value is -2.15. The number of piperidine rings is 1. The molecule has 0 spiro atoms. The summed E-state index contributed by atoms with van der Waals surface area (Å²) < 4.78 is 2.76. The van der Waals surface area contributed by atoms with Crippen molar-refractivity contribution < 1.29 is 14.4 Å². The molecule has 7 heteroatoms. The van der Waals surface area contributed by atoms with Crippen molar-refractivity contribution in [2.45, 2.75) is 18.9 Å². The van der Waals surface area contributed by atoms with Gasteiger partial charge < -0.3 is 4.57 Å². The first-order valence-corrected chi connectivity index (χ1v) is 7.72. The van der Waals surface area contributed by atoms with Crippen LogP contribution in [0.25, 0.3) is 10.9 Å². The lowest BCUT2D eigenvalue weighted by Gasteiger charge is -2.29. The van der Waals surface area contributed by atoms with Gasteiger partial charge in [-0.1, -0.05) is 15.9 Å². The zero-order valence-electron chi connectivity index (χ0n) is 11.7. The van der Waals surface area contributed by atoms with Crippen LogP contribution in [0.4, 0.5) is 5.69 Å². The maximum absolute atomic E-state index is 12.8. The number of carbonyl (C=O) groups is 3. The number of nitrogens with one attached hydrogen (secondary N) is 1. The molecule has 112 valence electrons. The molecule has 2 aromatic rings. The fourth-order valence-corrected chi connectivity index (χ4v) is 3.73. The summed E-state index contributed by atoms with van der Waals surface area (Å²) in [7, 11) is 1.90. The van der Waals surface area contributed by atoms with Crippen molar-refractivity contribution in [3.8, 4) is 0 Å². The second kappa shape index (κ2) is 4.42. The molecule has 3 heterocycles. The average Bonchev–Trinajstić information content (AvgIpc) is 2.90. The zero-order chi connectivity index (χ0) is 15.6. The van der Waals surface area contributed by atoms with E-state index >= 15 is 0 Å². The number of hydrogen-bond donors (Lipinski definition) is 1. The Bertz CT molecular complexity index is 871. The van der Waals surface area contributed by atoms with E-state index in [1.807, 2.05) is 23.9 Å². The summed E-state index contributed by atoms with van der Waals surface area (Å²) in [4.78, 5) is 37.7. The van der Waals surface area contributed by atoms with E-state index in [9.17, 15) is 14.4 Å². The fourth-order valence-electron chi connectivity index (χ4n) is 3.29. The molecule has 0 aliphatic carbocycles. The number of carbonyl (C=O) groups excluding carboxylic acids is 3. The molecule has 3 amide bonds. The minimum absolute atomic E-state index is 0.189. The summed E-state index contributed by atoms with van der Waals surface area (Å²) in [6.45, 7) is 0. The van der Waals surface area contributed by atoms with Crippen LogP contribution in [-0.4, -0.2) is 28.3 Å². The molecular weight excluding hydrogens is 350 g/mol. The highest BCUT2D eigenvalue weighted by Gasteiger charge is 2.41. The molecule has 0 saturated carbocycles. The van der Waals surface area contributed by atoms with Gasteiger partial charge in [0.25, 0.3) is 5.91 Å². The highest BCUT2D eigenvalue weighted by Crippen LogP contribution is 2.42.